The maximum Gasteiger partial charge on any atom is 0.123 e. The van der Waals surface area contributed by atoms with Crippen molar-refractivity contribution in [2.75, 3.05) is 33.9 Å². The minimum Gasteiger partial charge on any atom is -0.497 e. The largest absolute Gasteiger partial charge is 0.497 e. The minimum absolute atomic E-state index is 0.0929. The Hall–Kier alpha value is -1.77. The molecule has 5 nitrogen and oxygen atoms in total. The zero-order valence-electron chi connectivity index (χ0n) is 11.3. The first-order chi connectivity index (χ1) is 9.28. The molecule has 0 bridgehead atoms. The highest BCUT2D eigenvalue weighted by Crippen LogP contribution is 2.26. The van der Waals surface area contributed by atoms with Gasteiger partial charge in [-0.1, -0.05) is 0 Å². The summed E-state index contributed by atoms with van der Waals surface area (Å²) >= 11 is 0. The van der Waals surface area contributed by atoms with Gasteiger partial charge in [-0.05, 0) is 18.2 Å². The summed E-state index contributed by atoms with van der Waals surface area (Å²) in [6.45, 7) is 3.17. The molecule has 1 fully saturated rings. The predicted molar refractivity (Wildman–Crippen MR) is 72.2 cm³/mol. The van der Waals surface area contributed by atoms with Gasteiger partial charge >= 0.3 is 0 Å². The number of hydrogen-bond acceptors (Lipinski definition) is 5. The number of benzene rings is 1. The fourth-order valence-electron chi connectivity index (χ4n) is 2.29. The van der Waals surface area contributed by atoms with Crippen LogP contribution in [0.3, 0.4) is 0 Å². The van der Waals surface area contributed by atoms with Crippen molar-refractivity contribution in [3.63, 3.8) is 0 Å². The van der Waals surface area contributed by atoms with E-state index in [9.17, 15) is 5.26 Å². The Morgan fingerprint density at radius 2 is 2.26 bits per heavy atom. The SMILES string of the molecule is COc1ccc(OC)c(CN2CCNCC2C#N)c1. The van der Waals surface area contributed by atoms with Crippen LogP contribution in [0.5, 0.6) is 11.5 Å². The first-order valence-electron chi connectivity index (χ1n) is 6.33. The molecule has 2 rings (SSSR count). The van der Waals surface area contributed by atoms with Crippen LogP contribution in [0, 0.1) is 11.3 Å². The van der Waals surface area contributed by atoms with Gasteiger partial charge < -0.3 is 14.8 Å². The lowest BCUT2D eigenvalue weighted by Crippen LogP contribution is -2.50. The quantitative estimate of drug-likeness (QED) is 0.876. The lowest BCUT2D eigenvalue weighted by Gasteiger charge is -2.32. The highest BCUT2D eigenvalue weighted by Gasteiger charge is 2.22. The Labute approximate surface area is 113 Å². The zero-order valence-corrected chi connectivity index (χ0v) is 11.3. The van der Waals surface area contributed by atoms with Crippen molar-refractivity contribution in [2.24, 2.45) is 0 Å². The Balaban J connectivity index is 2.19. The predicted octanol–water partition coefficient (Wildman–Crippen LogP) is 1.00. The number of piperazine rings is 1. The van der Waals surface area contributed by atoms with Crippen LogP contribution in [0.15, 0.2) is 18.2 Å². The van der Waals surface area contributed by atoms with Crippen molar-refractivity contribution in [1.29, 1.82) is 5.26 Å². The Morgan fingerprint density at radius 1 is 1.42 bits per heavy atom. The second-order valence-corrected chi connectivity index (χ2v) is 4.50. The van der Waals surface area contributed by atoms with Gasteiger partial charge in [0.15, 0.2) is 0 Å². The lowest BCUT2D eigenvalue weighted by atomic mass is 10.1. The molecule has 1 unspecified atom stereocenters. The summed E-state index contributed by atoms with van der Waals surface area (Å²) in [6, 6.07) is 7.98. The molecule has 5 heteroatoms. The van der Waals surface area contributed by atoms with Crippen molar-refractivity contribution in [1.82, 2.24) is 10.2 Å². The molecule has 0 amide bonds. The molecule has 102 valence electrons. The third-order valence-electron chi connectivity index (χ3n) is 3.36. The monoisotopic (exact) mass is 261 g/mol. The van der Waals surface area contributed by atoms with E-state index in [1.54, 1.807) is 14.2 Å². The standard InChI is InChI=1S/C14H19N3O2/c1-18-13-3-4-14(19-2)11(7-13)10-17-6-5-16-9-12(17)8-15/h3-4,7,12,16H,5-6,9-10H2,1-2H3. The van der Waals surface area contributed by atoms with E-state index in [-0.39, 0.29) is 6.04 Å². The number of nitriles is 1. The van der Waals surface area contributed by atoms with E-state index in [1.807, 2.05) is 18.2 Å². The summed E-state index contributed by atoms with van der Waals surface area (Å²) in [7, 11) is 3.30. The Morgan fingerprint density at radius 3 is 2.95 bits per heavy atom. The van der Waals surface area contributed by atoms with Crippen LogP contribution in [-0.4, -0.2) is 44.8 Å². The number of nitrogens with zero attached hydrogens (tertiary/aromatic N) is 2. The molecular formula is C14H19N3O2. The smallest absolute Gasteiger partial charge is 0.123 e. The van der Waals surface area contributed by atoms with Gasteiger partial charge in [0.2, 0.25) is 0 Å². The van der Waals surface area contributed by atoms with Gasteiger partial charge in [-0.3, -0.25) is 4.90 Å². The molecule has 1 saturated heterocycles. The average molecular weight is 261 g/mol. The molecule has 1 heterocycles. The number of ether oxygens (including phenoxy) is 2. The van der Waals surface area contributed by atoms with E-state index in [1.165, 1.54) is 0 Å². The van der Waals surface area contributed by atoms with Gasteiger partial charge in [0, 0.05) is 31.7 Å². The summed E-state index contributed by atoms with van der Waals surface area (Å²) in [4.78, 5) is 2.16. The van der Waals surface area contributed by atoms with Crippen molar-refractivity contribution >= 4 is 0 Å². The summed E-state index contributed by atoms with van der Waals surface area (Å²) in [5.41, 5.74) is 1.05. The maximum absolute atomic E-state index is 9.18. The molecule has 1 N–H and O–H groups in total. The normalized spacial score (nSPS) is 19.7. The molecule has 0 aliphatic carbocycles. The third kappa shape index (κ3) is 3.16. The van der Waals surface area contributed by atoms with Gasteiger partial charge in [-0.25, -0.2) is 0 Å². The van der Waals surface area contributed by atoms with Gasteiger partial charge in [-0.2, -0.15) is 5.26 Å². The molecule has 1 aliphatic heterocycles. The van der Waals surface area contributed by atoms with Gasteiger partial charge in [-0.15, -0.1) is 0 Å². The third-order valence-corrected chi connectivity index (χ3v) is 3.36. The molecule has 0 saturated carbocycles. The van der Waals surface area contributed by atoms with Crippen LogP contribution in [-0.2, 0) is 6.54 Å². The van der Waals surface area contributed by atoms with E-state index in [2.05, 4.69) is 16.3 Å². The minimum atomic E-state index is -0.0929. The first kappa shape index (κ1) is 13.7. The number of rotatable bonds is 4. The topological polar surface area (TPSA) is 57.5 Å². The van der Waals surface area contributed by atoms with Crippen LogP contribution in [0.4, 0.5) is 0 Å². The average Bonchev–Trinajstić information content (AvgIpc) is 2.47. The second kappa shape index (κ2) is 6.41. The van der Waals surface area contributed by atoms with E-state index in [0.29, 0.717) is 13.1 Å². The van der Waals surface area contributed by atoms with Crippen LogP contribution >= 0.6 is 0 Å². The molecule has 19 heavy (non-hydrogen) atoms. The Kier molecular flexibility index (Phi) is 4.61. The second-order valence-electron chi connectivity index (χ2n) is 4.50. The maximum atomic E-state index is 9.18. The molecule has 0 aromatic heterocycles. The number of methoxy groups -OCH3 is 2. The fourth-order valence-corrected chi connectivity index (χ4v) is 2.29. The molecular weight excluding hydrogens is 242 g/mol. The molecule has 0 spiro atoms. The van der Waals surface area contributed by atoms with Crippen LogP contribution in [0.1, 0.15) is 5.56 Å². The number of nitrogens with one attached hydrogen (secondary N) is 1. The van der Waals surface area contributed by atoms with Gasteiger partial charge in [0.25, 0.3) is 0 Å². The summed E-state index contributed by atoms with van der Waals surface area (Å²) in [5, 5.41) is 12.4. The van der Waals surface area contributed by atoms with Gasteiger partial charge in [0.1, 0.15) is 17.5 Å². The molecule has 1 atom stereocenters. The van der Waals surface area contributed by atoms with E-state index >= 15 is 0 Å². The lowest BCUT2D eigenvalue weighted by molar-refractivity contribution is 0.187. The molecule has 1 aliphatic rings. The van der Waals surface area contributed by atoms with Crippen LogP contribution < -0.4 is 14.8 Å². The first-order valence-corrected chi connectivity index (χ1v) is 6.33. The highest BCUT2D eigenvalue weighted by atomic mass is 16.5. The highest BCUT2D eigenvalue weighted by molar-refractivity contribution is 5.40. The number of hydrogen-bond donors (Lipinski definition) is 1. The summed E-state index contributed by atoms with van der Waals surface area (Å²) < 4.78 is 10.6. The summed E-state index contributed by atoms with van der Waals surface area (Å²) in [6.07, 6.45) is 0. The van der Waals surface area contributed by atoms with E-state index < -0.39 is 0 Å². The van der Waals surface area contributed by atoms with E-state index in [0.717, 1.165) is 30.2 Å². The molecule has 1 aromatic carbocycles. The van der Waals surface area contributed by atoms with Gasteiger partial charge in [0.05, 0.1) is 20.3 Å². The molecule has 1 aromatic rings. The molecule has 0 radical (unpaired) electrons. The van der Waals surface area contributed by atoms with Crippen molar-refractivity contribution in [2.45, 2.75) is 12.6 Å². The van der Waals surface area contributed by atoms with E-state index in [4.69, 9.17) is 9.47 Å². The zero-order chi connectivity index (χ0) is 13.7. The van der Waals surface area contributed by atoms with Crippen molar-refractivity contribution < 1.29 is 9.47 Å². The fraction of sp³-hybridized carbons (Fsp3) is 0.500. The summed E-state index contributed by atoms with van der Waals surface area (Å²) in [5.74, 6) is 1.63. The van der Waals surface area contributed by atoms with Crippen LogP contribution in [0.2, 0.25) is 0 Å². The van der Waals surface area contributed by atoms with Crippen LogP contribution in [0.25, 0.3) is 0 Å². The Bertz CT molecular complexity index is 470. The van der Waals surface area contributed by atoms with Crippen molar-refractivity contribution in [3.05, 3.63) is 23.8 Å². The van der Waals surface area contributed by atoms with Crippen molar-refractivity contribution in [3.8, 4) is 17.6 Å².